The fraction of sp³-hybridized carbons (Fsp3) is 0.545. The summed E-state index contributed by atoms with van der Waals surface area (Å²) in [7, 11) is 0. The first-order chi connectivity index (χ1) is 14.9. The standard InChI is InChI=1S/C22H31N5O4/c1-3-4-5-6-11-23-22(30)24-13-16-7-8-18-17(12-16)14-26(15(2)27(18)31)19-9-10-20(28)25-21(19)29/h7-8,12,19H,3-6,9-11,13-14H2,1-2H3,(H2,23,24,30)(H,25,28,29). The number of unbranched alkanes of at least 4 members (excludes halogenated alkanes) is 3. The van der Waals surface area contributed by atoms with Gasteiger partial charge in [-0.1, -0.05) is 32.3 Å². The molecular weight excluding hydrogens is 398 g/mol. The number of amidine groups is 1. The predicted molar refractivity (Wildman–Crippen MR) is 117 cm³/mol. The van der Waals surface area contributed by atoms with Crippen molar-refractivity contribution in [2.75, 3.05) is 6.54 Å². The smallest absolute Gasteiger partial charge is 0.315 e. The van der Waals surface area contributed by atoms with Gasteiger partial charge in [-0.05, 0) is 24.1 Å². The van der Waals surface area contributed by atoms with Gasteiger partial charge in [0.2, 0.25) is 5.91 Å². The number of fused-ring (bicyclic) bond motifs is 1. The predicted octanol–water partition coefficient (Wildman–Crippen LogP) is 2.25. The summed E-state index contributed by atoms with van der Waals surface area (Å²) in [6.45, 7) is 5.21. The van der Waals surface area contributed by atoms with Gasteiger partial charge in [0.15, 0.2) is 6.04 Å². The molecular formula is C22H31N5O4. The van der Waals surface area contributed by atoms with E-state index in [9.17, 15) is 19.6 Å². The molecule has 1 aromatic carbocycles. The number of urea groups is 1. The fourth-order valence-corrected chi connectivity index (χ4v) is 3.98. The Hall–Kier alpha value is -3.10. The molecule has 0 radical (unpaired) electrons. The molecule has 1 fully saturated rings. The molecule has 0 aromatic heterocycles. The summed E-state index contributed by atoms with van der Waals surface area (Å²) in [4.78, 5) is 37.5. The van der Waals surface area contributed by atoms with Gasteiger partial charge < -0.3 is 15.8 Å². The Morgan fingerprint density at radius 2 is 2.06 bits per heavy atom. The quantitative estimate of drug-likeness (QED) is 0.254. The summed E-state index contributed by atoms with van der Waals surface area (Å²) in [5.41, 5.74) is 2.19. The molecule has 0 spiro atoms. The van der Waals surface area contributed by atoms with E-state index in [1.54, 1.807) is 17.9 Å². The van der Waals surface area contributed by atoms with E-state index < -0.39 is 6.04 Å². The molecule has 168 valence electrons. The molecule has 31 heavy (non-hydrogen) atoms. The number of carbonyl (C=O) groups excluding carboxylic acids is 3. The molecule has 0 aliphatic carbocycles. The number of hydrogen-bond acceptors (Lipinski definition) is 5. The summed E-state index contributed by atoms with van der Waals surface area (Å²) < 4.78 is 0.822. The lowest BCUT2D eigenvalue weighted by Crippen LogP contribution is -2.55. The summed E-state index contributed by atoms with van der Waals surface area (Å²) in [6.07, 6.45) is 5.03. The molecule has 1 unspecified atom stereocenters. The highest BCUT2D eigenvalue weighted by Crippen LogP contribution is 2.29. The Kier molecular flexibility index (Phi) is 7.49. The van der Waals surface area contributed by atoms with Crippen LogP contribution < -0.4 is 16.0 Å². The lowest BCUT2D eigenvalue weighted by Gasteiger charge is -2.34. The lowest BCUT2D eigenvalue weighted by atomic mass is 10.0. The maximum atomic E-state index is 12.8. The van der Waals surface area contributed by atoms with Crippen molar-refractivity contribution in [3.8, 4) is 0 Å². The van der Waals surface area contributed by atoms with Gasteiger partial charge >= 0.3 is 6.03 Å². The zero-order chi connectivity index (χ0) is 22.4. The van der Waals surface area contributed by atoms with Gasteiger partial charge in [0.25, 0.3) is 11.7 Å². The van der Waals surface area contributed by atoms with Crippen molar-refractivity contribution < 1.29 is 19.1 Å². The van der Waals surface area contributed by atoms with Crippen molar-refractivity contribution in [2.45, 2.75) is 71.5 Å². The van der Waals surface area contributed by atoms with Crippen molar-refractivity contribution in [1.82, 2.24) is 20.9 Å². The number of carbonyl (C=O) groups is 3. The van der Waals surface area contributed by atoms with Crippen LogP contribution in [-0.2, 0) is 22.7 Å². The minimum atomic E-state index is -0.553. The van der Waals surface area contributed by atoms with E-state index in [0.29, 0.717) is 37.6 Å². The third kappa shape index (κ3) is 5.53. The third-order valence-electron chi connectivity index (χ3n) is 5.77. The van der Waals surface area contributed by atoms with Crippen LogP contribution in [-0.4, -0.2) is 45.9 Å². The van der Waals surface area contributed by atoms with E-state index in [1.807, 2.05) is 12.1 Å². The Labute approximate surface area is 182 Å². The highest BCUT2D eigenvalue weighted by molar-refractivity contribution is 6.01. The highest BCUT2D eigenvalue weighted by atomic mass is 16.5. The van der Waals surface area contributed by atoms with Gasteiger partial charge in [-0.2, -0.15) is 0 Å². The molecule has 4 amide bonds. The summed E-state index contributed by atoms with van der Waals surface area (Å²) in [6, 6.07) is 4.68. The van der Waals surface area contributed by atoms with E-state index in [4.69, 9.17) is 0 Å². The molecule has 3 N–H and O–H groups in total. The number of piperidine rings is 1. The molecule has 0 saturated carbocycles. The van der Waals surface area contributed by atoms with Crippen LogP contribution in [0.5, 0.6) is 0 Å². The summed E-state index contributed by atoms with van der Waals surface area (Å²) in [5, 5.41) is 20.8. The molecule has 1 saturated heterocycles. The average molecular weight is 430 g/mol. The van der Waals surface area contributed by atoms with Crippen molar-refractivity contribution >= 4 is 29.4 Å². The first-order valence-electron chi connectivity index (χ1n) is 11.0. The van der Waals surface area contributed by atoms with E-state index in [2.05, 4.69) is 22.9 Å². The van der Waals surface area contributed by atoms with Gasteiger partial charge in [-0.15, -0.1) is 0 Å². The van der Waals surface area contributed by atoms with Crippen LogP contribution in [0, 0.1) is 5.21 Å². The van der Waals surface area contributed by atoms with Crippen molar-refractivity contribution in [2.24, 2.45) is 0 Å². The SMILES string of the molecule is CCCCCCNC(=O)NCc1ccc2c(c1)CN(C1CCC(=O)NC1=O)C(C)=[N+]2[O-]. The zero-order valence-corrected chi connectivity index (χ0v) is 18.2. The molecule has 1 aromatic rings. The zero-order valence-electron chi connectivity index (χ0n) is 18.2. The number of imide groups is 1. The van der Waals surface area contributed by atoms with E-state index in [0.717, 1.165) is 35.1 Å². The fourth-order valence-electron chi connectivity index (χ4n) is 3.98. The van der Waals surface area contributed by atoms with Crippen LogP contribution in [0.25, 0.3) is 0 Å². The first kappa shape index (κ1) is 22.6. The van der Waals surface area contributed by atoms with Gasteiger partial charge in [-0.3, -0.25) is 14.9 Å². The second-order valence-electron chi connectivity index (χ2n) is 8.07. The molecule has 0 bridgehead atoms. The summed E-state index contributed by atoms with van der Waals surface area (Å²) >= 11 is 0. The maximum Gasteiger partial charge on any atom is 0.315 e. The monoisotopic (exact) mass is 429 g/mol. The number of amides is 4. The average Bonchev–Trinajstić information content (AvgIpc) is 2.75. The van der Waals surface area contributed by atoms with Crippen LogP contribution >= 0.6 is 0 Å². The molecule has 1 atom stereocenters. The highest BCUT2D eigenvalue weighted by Gasteiger charge is 2.40. The van der Waals surface area contributed by atoms with E-state index >= 15 is 0 Å². The number of rotatable bonds is 8. The van der Waals surface area contributed by atoms with Crippen LogP contribution in [0.15, 0.2) is 18.2 Å². The molecule has 2 heterocycles. The van der Waals surface area contributed by atoms with Crippen molar-refractivity contribution in [3.05, 3.63) is 34.5 Å². The number of benzene rings is 1. The van der Waals surface area contributed by atoms with Gasteiger partial charge in [0.05, 0.1) is 0 Å². The number of hydrogen-bond donors (Lipinski definition) is 3. The normalized spacial score (nSPS) is 18.5. The van der Waals surface area contributed by atoms with Crippen molar-refractivity contribution in [1.29, 1.82) is 0 Å². The van der Waals surface area contributed by atoms with E-state index in [1.165, 1.54) is 6.42 Å². The first-order valence-corrected chi connectivity index (χ1v) is 11.0. The largest absolute Gasteiger partial charge is 0.710 e. The van der Waals surface area contributed by atoms with E-state index in [-0.39, 0.29) is 24.3 Å². The molecule has 9 nitrogen and oxygen atoms in total. The molecule has 2 aliphatic heterocycles. The molecule has 2 aliphatic rings. The minimum absolute atomic E-state index is 0.214. The van der Waals surface area contributed by atoms with Gasteiger partial charge in [-0.25, -0.2) is 14.4 Å². The molecule has 3 rings (SSSR count). The second-order valence-corrected chi connectivity index (χ2v) is 8.07. The Balaban J connectivity index is 1.62. The number of nitrogens with one attached hydrogen (secondary N) is 3. The Morgan fingerprint density at radius 1 is 1.26 bits per heavy atom. The maximum absolute atomic E-state index is 12.8. The minimum Gasteiger partial charge on any atom is -0.710 e. The lowest BCUT2D eigenvalue weighted by molar-refractivity contribution is -0.374. The van der Waals surface area contributed by atoms with Crippen LogP contribution in [0.4, 0.5) is 10.5 Å². The molecule has 9 heteroatoms. The third-order valence-corrected chi connectivity index (χ3v) is 5.77. The van der Waals surface area contributed by atoms with Crippen LogP contribution in [0.2, 0.25) is 0 Å². The van der Waals surface area contributed by atoms with Gasteiger partial charge in [0, 0.05) is 38.4 Å². The van der Waals surface area contributed by atoms with Crippen LogP contribution in [0.3, 0.4) is 0 Å². The Morgan fingerprint density at radius 3 is 2.81 bits per heavy atom. The topological polar surface area (TPSA) is 117 Å². The summed E-state index contributed by atoms with van der Waals surface area (Å²) in [5.74, 6) is -0.233. The number of nitrogens with zero attached hydrogens (tertiary/aromatic N) is 2. The van der Waals surface area contributed by atoms with Crippen LogP contribution in [0.1, 0.15) is 63.5 Å². The van der Waals surface area contributed by atoms with Gasteiger partial charge in [0.1, 0.15) is 12.2 Å². The second kappa shape index (κ2) is 10.3. The Bertz CT molecular complexity index is 883. The van der Waals surface area contributed by atoms with Crippen molar-refractivity contribution in [3.63, 3.8) is 0 Å².